The van der Waals surface area contributed by atoms with Gasteiger partial charge in [0.25, 0.3) is 5.91 Å². The zero-order chi connectivity index (χ0) is 20.2. The maximum absolute atomic E-state index is 12.7. The molecule has 0 saturated carbocycles. The average Bonchev–Trinajstić information content (AvgIpc) is 3.13. The molecule has 1 N–H and O–H groups in total. The molecule has 5 nitrogen and oxygen atoms in total. The number of fused-ring (bicyclic) bond motifs is 1. The highest BCUT2D eigenvalue weighted by Crippen LogP contribution is 2.29. The lowest BCUT2D eigenvalue weighted by Crippen LogP contribution is -2.35. The molecule has 0 unspecified atom stereocenters. The average molecular weight is 424 g/mol. The SMILES string of the molecule is O=C(/C=C/c1cccc(Cl)c1)Nc1nc2c(s1)CN(C(=O)c1ccccc1)CC2. The molecule has 2 heterocycles. The van der Waals surface area contributed by atoms with Crippen molar-refractivity contribution in [2.75, 3.05) is 11.9 Å². The van der Waals surface area contributed by atoms with Gasteiger partial charge in [-0.15, -0.1) is 0 Å². The second-order valence-electron chi connectivity index (χ2n) is 6.61. The third-order valence-electron chi connectivity index (χ3n) is 4.55. The molecular formula is C22H18ClN3O2S. The fourth-order valence-corrected chi connectivity index (χ4v) is 4.34. The van der Waals surface area contributed by atoms with Crippen LogP contribution in [0, 0.1) is 0 Å². The second kappa shape index (κ2) is 8.59. The van der Waals surface area contributed by atoms with Gasteiger partial charge in [0, 0.05) is 34.5 Å². The van der Waals surface area contributed by atoms with Crippen LogP contribution in [-0.2, 0) is 17.8 Å². The lowest BCUT2D eigenvalue weighted by atomic mass is 10.1. The number of hydrogen-bond donors (Lipinski definition) is 1. The molecule has 0 aliphatic carbocycles. The van der Waals surface area contributed by atoms with Gasteiger partial charge in [-0.2, -0.15) is 0 Å². The summed E-state index contributed by atoms with van der Waals surface area (Å²) in [5.41, 5.74) is 2.47. The van der Waals surface area contributed by atoms with Crippen molar-refractivity contribution >= 4 is 46.0 Å². The minimum absolute atomic E-state index is 0.0136. The van der Waals surface area contributed by atoms with Crippen molar-refractivity contribution in [1.29, 1.82) is 0 Å². The first-order valence-corrected chi connectivity index (χ1v) is 10.4. The van der Waals surface area contributed by atoms with E-state index in [0.717, 1.165) is 16.1 Å². The topological polar surface area (TPSA) is 62.3 Å². The van der Waals surface area contributed by atoms with E-state index < -0.39 is 0 Å². The number of halogens is 1. The summed E-state index contributed by atoms with van der Waals surface area (Å²) < 4.78 is 0. The Kier molecular flexibility index (Phi) is 5.74. The molecule has 2 aromatic carbocycles. The molecule has 7 heteroatoms. The molecule has 4 rings (SSSR count). The number of nitrogens with one attached hydrogen (secondary N) is 1. The molecule has 1 aromatic heterocycles. The van der Waals surface area contributed by atoms with Gasteiger partial charge in [0.15, 0.2) is 5.13 Å². The predicted octanol–water partition coefficient (Wildman–Crippen LogP) is 4.65. The molecule has 0 spiro atoms. The number of nitrogens with zero attached hydrogens (tertiary/aromatic N) is 2. The lowest BCUT2D eigenvalue weighted by Gasteiger charge is -2.26. The molecule has 2 amide bonds. The smallest absolute Gasteiger partial charge is 0.254 e. The van der Waals surface area contributed by atoms with Gasteiger partial charge in [-0.1, -0.05) is 53.3 Å². The number of carbonyl (C=O) groups excluding carboxylic acids is 2. The summed E-state index contributed by atoms with van der Waals surface area (Å²) in [5, 5.41) is 3.97. The summed E-state index contributed by atoms with van der Waals surface area (Å²) in [4.78, 5) is 32.2. The number of rotatable bonds is 4. The van der Waals surface area contributed by atoms with Gasteiger partial charge in [-0.05, 0) is 35.9 Å². The van der Waals surface area contributed by atoms with Gasteiger partial charge in [-0.25, -0.2) is 4.98 Å². The highest BCUT2D eigenvalue weighted by atomic mass is 35.5. The predicted molar refractivity (Wildman–Crippen MR) is 116 cm³/mol. The number of carbonyl (C=O) groups is 2. The summed E-state index contributed by atoms with van der Waals surface area (Å²) in [7, 11) is 0. The standard InChI is InChI=1S/C22H18ClN3O2S/c23-17-8-4-5-15(13-17)9-10-20(27)25-22-24-18-11-12-26(14-19(18)29-22)21(28)16-6-2-1-3-7-16/h1-10,13H,11-12,14H2,(H,24,25,27)/b10-9+. The van der Waals surface area contributed by atoms with Crippen molar-refractivity contribution < 1.29 is 9.59 Å². The Morgan fingerprint density at radius 3 is 2.76 bits per heavy atom. The molecule has 29 heavy (non-hydrogen) atoms. The maximum Gasteiger partial charge on any atom is 0.254 e. The summed E-state index contributed by atoms with van der Waals surface area (Å²) in [6.45, 7) is 1.13. The van der Waals surface area contributed by atoms with E-state index in [-0.39, 0.29) is 11.8 Å². The van der Waals surface area contributed by atoms with Crippen molar-refractivity contribution in [3.05, 3.63) is 87.4 Å². The summed E-state index contributed by atoms with van der Waals surface area (Å²) in [6, 6.07) is 16.5. The first kappa shape index (κ1) is 19.4. The van der Waals surface area contributed by atoms with Crippen LogP contribution in [0.1, 0.15) is 26.5 Å². The van der Waals surface area contributed by atoms with Crippen molar-refractivity contribution in [3.8, 4) is 0 Å². The molecule has 0 saturated heterocycles. The Balaban J connectivity index is 1.40. The van der Waals surface area contributed by atoms with Crippen molar-refractivity contribution in [3.63, 3.8) is 0 Å². The number of thiazole rings is 1. The summed E-state index contributed by atoms with van der Waals surface area (Å²) in [5.74, 6) is -0.243. The number of aromatic nitrogens is 1. The zero-order valence-corrected chi connectivity index (χ0v) is 17.0. The van der Waals surface area contributed by atoms with Crippen LogP contribution in [0.3, 0.4) is 0 Å². The van der Waals surface area contributed by atoms with Gasteiger partial charge in [0.2, 0.25) is 5.91 Å². The van der Waals surface area contributed by atoms with E-state index in [1.807, 2.05) is 47.4 Å². The van der Waals surface area contributed by atoms with Crippen LogP contribution >= 0.6 is 22.9 Å². The third-order valence-corrected chi connectivity index (χ3v) is 5.78. The molecule has 3 aromatic rings. The normalized spacial score (nSPS) is 13.3. The molecule has 0 radical (unpaired) electrons. The first-order chi connectivity index (χ1) is 14.1. The Bertz CT molecular complexity index is 1080. The highest BCUT2D eigenvalue weighted by Gasteiger charge is 2.25. The Hall–Kier alpha value is -2.96. The minimum atomic E-state index is -0.256. The minimum Gasteiger partial charge on any atom is -0.333 e. The van der Waals surface area contributed by atoms with Gasteiger partial charge in [-0.3, -0.25) is 14.9 Å². The van der Waals surface area contributed by atoms with E-state index in [1.54, 1.807) is 18.2 Å². The van der Waals surface area contributed by atoms with Crippen LogP contribution in [0.2, 0.25) is 5.02 Å². The maximum atomic E-state index is 12.7. The van der Waals surface area contributed by atoms with Crippen LogP contribution in [-0.4, -0.2) is 28.2 Å². The van der Waals surface area contributed by atoms with Crippen LogP contribution in [0.5, 0.6) is 0 Å². The Labute approximate surface area is 177 Å². The highest BCUT2D eigenvalue weighted by molar-refractivity contribution is 7.15. The van der Waals surface area contributed by atoms with E-state index in [0.29, 0.717) is 35.2 Å². The van der Waals surface area contributed by atoms with E-state index in [1.165, 1.54) is 17.4 Å². The number of anilines is 1. The van der Waals surface area contributed by atoms with E-state index in [2.05, 4.69) is 10.3 Å². The quantitative estimate of drug-likeness (QED) is 0.621. The first-order valence-electron chi connectivity index (χ1n) is 9.16. The van der Waals surface area contributed by atoms with Crippen molar-refractivity contribution in [2.24, 2.45) is 0 Å². The monoisotopic (exact) mass is 423 g/mol. The Morgan fingerprint density at radius 1 is 1.14 bits per heavy atom. The van der Waals surface area contributed by atoms with Crippen LogP contribution in [0.15, 0.2) is 60.7 Å². The number of amides is 2. The largest absolute Gasteiger partial charge is 0.333 e. The van der Waals surface area contributed by atoms with Gasteiger partial charge in [0.1, 0.15) is 0 Å². The van der Waals surface area contributed by atoms with Crippen molar-refractivity contribution in [1.82, 2.24) is 9.88 Å². The molecule has 0 atom stereocenters. The van der Waals surface area contributed by atoms with Gasteiger partial charge >= 0.3 is 0 Å². The number of benzene rings is 2. The molecule has 0 bridgehead atoms. The molecule has 1 aliphatic heterocycles. The Morgan fingerprint density at radius 2 is 1.97 bits per heavy atom. The van der Waals surface area contributed by atoms with E-state index >= 15 is 0 Å². The fraction of sp³-hybridized carbons (Fsp3) is 0.136. The molecule has 0 fully saturated rings. The van der Waals surface area contributed by atoms with E-state index in [4.69, 9.17) is 11.6 Å². The lowest BCUT2D eigenvalue weighted by molar-refractivity contribution is -0.111. The van der Waals surface area contributed by atoms with Gasteiger partial charge in [0.05, 0.1) is 12.2 Å². The summed E-state index contributed by atoms with van der Waals surface area (Å²) in [6.07, 6.45) is 3.84. The fourth-order valence-electron chi connectivity index (χ4n) is 3.11. The second-order valence-corrected chi connectivity index (χ2v) is 8.13. The molecule has 1 aliphatic rings. The van der Waals surface area contributed by atoms with E-state index in [9.17, 15) is 9.59 Å². The van der Waals surface area contributed by atoms with Gasteiger partial charge < -0.3 is 4.90 Å². The third kappa shape index (κ3) is 4.72. The van der Waals surface area contributed by atoms with Crippen molar-refractivity contribution in [2.45, 2.75) is 13.0 Å². The number of hydrogen-bond acceptors (Lipinski definition) is 4. The van der Waals surface area contributed by atoms with Crippen LogP contribution in [0.25, 0.3) is 6.08 Å². The summed E-state index contributed by atoms with van der Waals surface area (Å²) >= 11 is 7.36. The van der Waals surface area contributed by atoms with Crippen LogP contribution < -0.4 is 5.32 Å². The van der Waals surface area contributed by atoms with Crippen LogP contribution in [0.4, 0.5) is 5.13 Å². The molecule has 146 valence electrons. The zero-order valence-electron chi connectivity index (χ0n) is 15.5. The molecular weight excluding hydrogens is 406 g/mol.